The average Bonchev–Trinajstić information content (AvgIpc) is 2.97. The third-order valence-corrected chi connectivity index (χ3v) is 5.31. The molecular weight excluding hydrogens is 342 g/mol. The number of piperidine rings is 1. The quantitative estimate of drug-likeness (QED) is 0.711. The van der Waals surface area contributed by atoms with E-state index in [0.29, 0.717) is 29.7 Å². The highest BCUT2D eigenvalue weighted by Gasteiger charge is 2.26. The number of likely N-dealkylation sites (tertiary alicyclic amines) is 1. The Morgan fingerprint density at radius 1 is 1.19 bits per heavy atom. The minimum absolute atomic E-state index is 0.0303. The van der Waals surface area contributed by atoms with Crippen LogP contribution in [0.15, 0.2) is 29.1 Å². The number of hydrogen-bond donors (Lipinski definition) is 0. The van der Waals surface area contributed by atoms with E-state index in [2.05, 4.69) is 23.9 Å². The van der Waals surface area contributed by atoms with Crippen molar-refractivity contribution < 1.29 is 4.79 Å². The van der Waals surface area contributed by atoms with Crippen LogP contribution in [0.4, 0.5) is 0 Å². The lowest BCUT2D eigenvalue weighted by Gasteiger charge is -2.34. The molecule has 2 aromatic heterocycles. The van der Waals surface area contributed by atoms with Crippen LogP contribution in [-0.4, -0.2) is 43.1 Å². The minimum atomic E-state index is -0.299. The number of rotatable bonds is 3. The van der Waals surface area contributed by atoms with Crippen molar-refractivity contribution >= 4 is 22.5 Å². The molecule has 1 amide bonds. The second-order valence-electron chi connectivity index (χ2n) is 7.74. The monoisotopic (exact) mass is 367 g/mol. The summed E-state index contributed by atoms with van der Waals surface area (Å²) in [6, 6.07) is 7.65. The first-order valence-electron chi connectivity index (χ1n) is 9.63. The van der Waals surface area contributed by atoms with Gasteiger partial charge in [0.1, 0.15) is 12.4 Å². The normalized spacial score (nSPS) is 20.5. The average molecular weight is 367 g/mol. The smallest absolute Gasteiger partial charge is 0.341 e. The SMILES string of the molecule is CCc1nc2ccccc2c2nn(CC(=O)N3CC(C)CC(C)C3)c(=O)n12. The maximum atomic E-state index is 13.0. The van der Waals surface area contributed by atoms with E-state index < -0.39 is 0 Å². The maximum Gasteiger partial charge on any atom is 0.352 e. The zero-order chi connectivity index (χ0) is 19.1. The molecule has 0 N–H and O–H groups in total. The van der Waals surface area contributed by atoms with Gasteiger partial charge in [-0.1, -0.05) is 32.9 Å². The second-order valence-corrected chi connectivity index (χ2v) is 7.74. The van der Waals surface area contributed by atoms with E-state index in [1.807, 2.05) is 36.1 Å². The summed E-state index contributed by atoms with van der Waals surface area (Å²) < 4.78 is 2.83. The van der Waals surface area contributed by atoms with Crippen LogP contribution in [0.5, 0.6) is 0 Å². The third kappa shape index (κ3) is 3.11. The van der Waals surface area contributed by atoms with E-state index in [9.17, 15) is 9.59 Å². The number of carbonyl (C=O) groups excluding carboxylic acids is 1. The number of hydrogen-bond acceptors (Lipinski definition) is 4. The van der Waals surface area contributed by atoms with Crippen molar-refractivity contribution in [3.63, 3.8) is 0 Å². The molecule has 0 aliphatic carbocycles. The summed E-state index contributed by atoms with van der Waals surface area (Å²) in [6.07, 6.45) is 1.75. The van der Waals surface area contributed by atoms with Gasteiger partial charge in [0.2, 0.25) is 5.91 Å². The zero-order valence-corrected chi connectivity index (χ0v) is 16.1. The van der Waals surface area contributed by atoms with Gasteiger partial charge in [0, 0.05) is 24.9 Å². The molecule has 1 aromatic carbocycles. The molecule has 2 atom stereocenters. The maximum absolute atomic E-state index is 13.0. The van der Waals surface area contributed by atoms with Crippen molar-refractivity contribution in [2.75, 3.05) is 13.1 Å². The predicted octanol–water partition coefficient (Wildman–Crippen LogP) is 2.11. The number of amides is 1. The van der Waals surface area contributed by atoms with Crippen LogP contribution in [0.2, 0.25) is 0 Å². The fraction of sp³-hybridized carbons (Fsp3) is 0.500. The Hall–Kier alpha value is -2.70. The first-order valence-corrected chi connectivity index (χ1v) is 9.63. The Balaban J connectivity index is 1.74. The van der Waals surface area contributed by atoms with Gasteiger partial charge < -0.3 is 4.90 Å². The standard InChI is InChI=1S/C20H25N5O2/c1-4-17-21-16-8-6-5-7-15(16)19-22-24(20(27)25(17)19)12-18(26)23-10-13(2)9-14(3)11-23/h5-8,13-14H,4,9-12H2,1-3H3. The largest absolute Gasteiger partial charge is 0.352 e. The van der Waals surface area contributed by atoms with Gasteiger partial charge in [0.25, 0.3) is 0 Å². The minimum Gasteiger partial charge on any atom is -0.341 e. The molecule has 0 saturated carbocycles. The fourth-order valence-electron chi connectivity index (χ4n) is 4.20. The van der Waals surface area contributed by atoms with E-state index in [-0.39, 0.29) is 18.1 Å². The van der Waals surface area contributed by atoms with Gasteiger partial charge in [-0.3, -0.25) is 4.79 Å². The van der Waals surface area contributed by atoms with Gasteiger partial charge in [0.15, 0.2) is 5.65 Å². The van der Waals surface area contributed by atoms with Crippen LogP contribution < -0.4 is 5.69 Å². The summed E-state index contributed by atoms with van der Waals surface area (Å²) in [5.74, 6) is 1.58. The molecule has 142 valence electrons. The van der Waals surface area contributed by atoms with Gasteiger partial charge in [-0.15, -0.1) is 5.10 Å². The number of fused-ring (bicyclic) bond motifs is 3. The van der Waals surface area contributed by atoms with Crippen molar-refractivity contribution in [2.24, 2.45) is 11.8 Å². The topological polar surface area (TPSA) is 72.5 Å². The predicted molar refractivity (Wildman–Crippen MR) is 104 cm³/mol. The first-order chi connectivity index (χ1) is 13.0. The molecule has 2 unspecified atom stereocenters. The van der Waals surface area contributed by atoms with Gasteiger partial charge in [0.05, 0.1) is 5.52 Å². The Bertz CT molecular complexity index is 1060. The van der Waals surface area contributed by atoms with Crippen LogP contribution in [0.1, 0.15) is 33.0 Å². The van der Waals surface area contributed by atoms with Crippen LogP contribution in [0.25, 0.3) is 16.6 Å². The van der Waals surface area contributed by atoms with Crippen LogP contribution in [-0.2, 0) is 17.8 Å². The summed E-state index contributed by atoms with van der Waals surface area (Å²) in [7, 11) is 0. The van der Waals surface area contributed by atoms with E-state index in [0.717, 1.165) is 30.4 Å². The van der Waals surface area contributed by atoms with E-state index in [1.165, 1.54) is 9.08 Å². The molecule has 1 aliphatic rings. The van der Waals surface area contributed by atoms with Crippen molar-refractivity contribution in [3.8, 4) is 0 Å². The number of aryl methyl sites for hydroxylation is 1. The van der Waals surface area contributed by atoms with E-state index >= 15 is 0 Å². The number of para-hydroxylation sites is 1. The molecule has 4 rings (SSSR count). The summed E-state index contributed by atoms with van der Waals surface area (Å²) in [4.78, 5) is 32.2. The number of carbonyl (C=O) groups is 1. The summed E-state index contributed by atoms with van der Waals surface area (Å²) in [6.45, 7) is 7.75. The third-order valence-electron chi connectivity index (χ3n) is 5.31. The molecule has 0 radical (unpaired) electrons. The molecule has 3 aromatic rings. The van der Waals surface area contributed by atoms with E-state index in [1.54, 1.807) is 0 Å². The molecule has 27 heavy (non-hydrogen) atoms. The summed E-state index contributed by atoms with van der Waals surface area (Å²) in [5.41, 5.74) is 1.08. The molecular formula is C20H25N5O2. The zero-order valence-electron chi connectivity index (χ0n) is 16.1. The lowest BCUT2D eigenvalue weighted by atomic mass is 9.92. The molecule has 7 heteroatoms. The summed E-state index contributed by atoms with van der Waals surface area (Å²) in [5, 5.41) is 5.32. The molecule has 1 aliphatic heterocycles. The van der Waals surface area contributed by atoms with Crippen LogP contribution >= 0.6 is 0 Å². The number of benzene rings is 1. The second kappa shape index (κ2) is 6.79. The van der Waals surface area contributed by atoms with Crippen molar-refractivity contribution in [1.29, 1.82) is 0 Å². The molecule has 0 bridgehead atoms. The lowest BCUT2D eigenvalue weighted by Crippen LogP contribution is -2.45. The molecule has 1 saturated heterocycles. The van der Waals surface area contributed by atoms with Crippen LogP contribution in [0, 0.1) is 11.8 Å². The lowest BCUT2D eigenvalue weighted by molar-refractivity contribution is -0.134. The fourth-order valence-corrected chi connectivity index (χ4v) is 4.20. The highest BCUT2D eigenvalue weighted by atomic mass is 16.2. The Morgan fingerprint density at radius 3 is 2.59 bits per heavy atom. The summed E-state index contributed by atoms with van der Waals surface area (Å²) >= 11 is 0. The van der Waals surface area contributed by atoms with Crippen LogP contribution in [0.3, 0.4) is 0 Å². The van der Waals surface area contributed by atoms with Gasteiger partial charge in [-0.05, 0) is 30.4 Å². The molecule has 7 nitrogen and oxygen atoms in total. The Kier molecular flexibility index (Phi) is 4.45. The van der Waals surface area contributed by atoms with Gasteiger partial charge >= 0.3 is 5.69 Å². The Labute approximate surface area is 157 Å². The van der Waals surface area contributed by atoms with Gasteiger partial charge in [-0.25, -0.2) is 18.9 Å². The number of aromatic nitrogens is 4. The van der Waals surface area contributed by atoms with Crippen molar-refractivity contribution in [3.05, 3.63) is 40.6 Å². The van der Waals surface area contributed by atoms with Crippen molar-refractivity contribution in [1.82, 2.24) is 24.1 Å². The molecule has 0 spiro atoms. The highest BCUT2D eigenvalue weighted by Crippen LogP contribution is 2.21. The van der Waals surface area contributed by atoms with Gasteiger partial charge in [-0.2, -0.15) is 0 Å². The first kappa shape index (κ1) is 17.7. The van der Waals surface area contributed by atoms with Crippen molar-refractivity contribution in [2.45, 2.75) is 40.2 Å². The highest BCUT2D eigenvalue weighted by molar-refractivity contribution is 5.91. The Morgan fingerprint density at radius 2 is 1.89 bits per heavy atom. The molecule has 1 fully saturated rings. The molecule has 3 heterocycles. The number of nitrogens with zero attached hydrogens (tertiary/aromatic N) is 5. The van der Waals surface area contributed by atoms with E-state index in [4.69, 9.17) is 0 Å².